The Balaban J connectivity index is 2.26. The van der Waals surface area contributed by atoms with Crippen LogP contribution in [0.4, 0.5) is 8.78 Å². The van der Waals surface area contributed by atoms with Gasteiger partial charge in [0.1, 0.15) is 12.0 Å². The van der Waals surface area contributed by atoms with E-state index in [1.54, 1.807) is 24.4 Å². The summed E-state index contributed by atoms with van der Waals surface area (Å²) in [5, 5.41) is 0.791. The Bertz CT molecular complexity index is 607. The summed E-state index contributed by atoms with van der Waals surface area (Å²) in [6.45, 7) is 0. The molecule has 0 bridgehead atoms. The third-order valence-corrected chi connectivity index (χ3v) is 2.74. The summed E-state index contributed by atoms with van der Waals surface area (Å²) in [5.74, 6) is -0.388. The molecule has 0 spiro atoms. The van der Waals surface area contributed by atoms with Gasteiger partial charge in [0, 0.05) is 0 Å². The van der Waals surface area contributed by atoms with Gasteiger partial charge in [0.05, 0.1) is 0 Å². The number of fused-ring (bicyclic) bond motifs is 1. The zero-order valence-electron chi connectivity index (χ0n) is 8.32. The van der Waals surface area contributed by atoms with Crippen molar-refractivity contribution in [1.29, 1.82) is 0 Å². The molecule has 0 saturated carbocycles. The van der Waals surface area contributed by atoms with E-state index >= 15 is 0 Å². The van der Waals surface area contributed by atoms with Gasteiger partial charge in [0.2, 0.25) is 0 Å². The van der Waals surface area contributed by atoms with Crippen LogP contribution >= 0.6 is 0 Å². The Kier molecular flexibility index (Phi) is 1.93. The first-order valence-corrected chi connectivity index (χ1v) is 4.99. The van der Waals surface area contributed by atoms with Crippen LogP contribution in [-0.4, -0.2) is 6.17 Å². The van der Waals surface area contributed by atoms with Crippen molar-refractivity contribution in [2.24, 2.45) is 0 Å². The molecular formula is C13H8F2N-. The summed E-state index contributed by atoms with van der Waals surface area (Å²) in [7, 11) is 0. The predicted molar refractivity (Wildman–Crippen MR) is 59.2 cm³/mol. The molecule has 1 heterocycles. The lowest BCUT2D eigenvalue weighted by Gasteiger charge is -2.10. The Morgan fingerprint density at radius 3 is 2.88 bits per heavy atom. The van der Waals surface area contributed by atoms with Crippen LogP contribution in [0.3, 0.4) is 0 Å². The van der Waals surface area contributed by atoms with Crippen molar-refractivity contribution in [2.45, 2.75) is 6.17 Å². The normalized spacial score (nSPS) is 19.4. The van der Waals surface area contributed by atoms with Crippen LogP contribution in [0.25, 0.3) is 16.5 Å². The highest BCUT2D eigenvalue weighted by atomic mass is 19.1. The molecule has 80 valence electrons. The fourth-order valence-corrected chi connectivity index (χ4v) is 2.01. The highest BCUT2D eigenvalue weighted by Gasteiger charge is 2.17. The molecule has 1 aliphatic rings. The van der Waals surface area contributed by atoms with Crippen LogP contribution in [0.15, 0.2) is 42.6 Å². The molecule has 1 aromatic carbocycles. The van der Waals surface area contributed by atoms with Gasteiger partial charge in [-0.1, -0.05) is 18.2 Å². The minimum Gasteiger partial charge on any atom is -0.663 e. The number of hydrogen-bond acceptors (Lipinski definition) is 0. The van der Waals surface area contributed by atoms with E-state index in [1.165, 1.54) is 18.2 Å². The maximum absolute atomic E-state index is 13.5. The van der Waals surface area contributed by atoms with E-state index in [2.05, 4.69) is 4.98 Å². The van der Waals surface area contributed by atoms with Gasteiger partial charge in [0.25, 0.3) is 0 Å². The number of alkyl halides is 1. The van der Waals surface area contributed by atoms with E-state index in [-0.39, 0.29) is 5.82 Å². The van der Waals surface area contributed by atoms with Crippen molar-refractivity contribution >= 4 is 16.5 Å². The molecule has 1 aromatic heterocycles. The highest BCUT2D eigenvalue weighted by molar-refractivity contribution is 5.94. The lowest BCUT2D eigenvalue weighted by Crippen LogP contribution is -1.97. The summed E-state index contributed by atoms with van der Waals surface area (Å²) in [4.78, 5) is 4.03. The largest absolute Gasteiger partial charge is 0.663 e. The molecule has 1 unspecified atom stereocenters. The average molecular weight is 216 g/mol. The minimum absolute atomic E-state index is 0.388. The molecule has 0 amide bonds. The van der Waals surface area contributed by atoms with Gasteiger partial charge in [0.15, 0.2) is 0 Å². The van der Waals surface area contributed by atoms with Gasteiger partial charge in [-0.15, -0.1) is 5.52 Å². The summed E-state index contributed by atoms with van der Waals surface area (Å²) in [5.41, 5.74) is 1.65. The van der Waals surface area contributed by atoms with E-state index in [4.69, 9.17) is 0 Å². The summed E-state index contributed by atoms with van der Waals surface area (Å²) < 4.78 is 26.9. The fourth-order valence-electron chi connectivity index (χ4n) is 2.01. The van der Waals surface area contributed by atoms with Crippen molar-refractivity contribution in [3.63, 3.8) is 0 Å². The maximum Gasteiger partial charge on any atom is 0.144 e. The van der Waals surface area contributed by atoms with Crippen LogP contribution in [0, 0.1) is 5.82 Å². The third kappa shape index (κ3) is 1.28. The van der Waals surface area contributed by atoms with E-state index in [9.17, 15) is 8.78 Å². The number of benzene rings is 1. The van der Waals surface area contributed by atoms with Crippen molar-refractivity contribution < 1.29 is 8.78 Å². The van der Waals surface area contributed by atoms with Gasteiger partial charge < -0.3 is 4.98 Å². The Morgan fingerprint density at radius 1 is 1.25 bits per heavy atom. The molecule has 1 atom stereocenters. The number of nitrogens with zero attached hydrogens (tertiary/aromatic N) is 1. The summed E-state index contributed by atoms with van der Waals surface area (Å²) in [6.07, 6.45) is 5.21. The molecule has 2 aromatic rings. The molecule has 0 N–H and O–H groups in total. The first-order chi connectivity index (χ1) is 7.75. The Hall–Kier alpha value is -1.90. The van der Waals surface area contributed by atoms with Crippen molar-refractivity contribution in [1.82, 2.24) is 4.98 Å². The van der Waals surface area contributed by atoms with Crippen LogP contribution in [0.2, 0.25) is 0 Å². The average Bonchev–Trinajstić information content (AvgIpc) is 2.84. The SMILES string of the molecule is Fc1cc(C2=CC=CC2F)c2cc[n-]c2c1. The molecule has 1 aliphatic carbocycles. The van der Waals surface area contributed by atoms with E-state index < -0.39 is 6.17 Å². The second-order valence-electron chi connectivity index (χ2n) is 3.74. The Labute approximate surface area is 91.1 Å². The van der Waals surface area contributed by atoms with Crippen molar-refractivity contribution in [3.8, 4) is 0 Å². The monoisotopic (exact) mass is 216 g/mol. The molecular weight excluding hydrogens is 208 g/mol. The molecule has 3 rings (SSSR count). The summed E-state index contributed by atoms with van der Waals surface area (Å²) >= 11 is 0. The second kappa shape index (κ2) is 3.30. The number of allylic oxidation sites excluding steroid dienone is 4. The first-order valence-electron chi connectivity index (χ1n) is 4.99. The molecule has 0 saturated heterocycles. The summed E-state index contributed by atoms with van der Waals surface area (Å²) in [6, 6.07) is 4.49. The van der Waals surface area contributed by atoms with Gasteiger partial charge in [-0.2, -0.15) is 6.20 Å². The predicted octanol–water partition coefficient (Wildman–Crippen LogP) is 3.23. The van der Waals surface area contributed by atoms with Gasteiger partial charge in [-0.3, -0.25) is 0 Å². The highest BCUT2D eigenvalue weighted by Crippen LogP contribution is 2.32. The maximum atomic E-state index is 13.5. The lowest BCUT2D eigenvalue weighted by molar-refractivity contribution is 0.484. The molecule has 3 heteroatoms. The van der Waals surface area contributed by atoms with Gasteiger partial charge >= 0.3 is 0 Å². The van der Waals surface area contributed by atoms with Crippen LogP contribution in [0.5, 0.6) is 0 Å². The van der Waals surface area contributed by atoms with E-state index in [1.807, 2.05) is 0 Å². The minimum atomic E-state index is -1.15. The zero-order valence-corrected chi connectivity index (χ0v) is 8.32. The standard InChI is InChI=1S/C13H8F2N/c14-8-6-11(9-2-1-3-12(9)15)10-4-5-16-13(10)7-8/h1-7,12H/q-1. The topological polar surface area (TPSA) is 14.1 Å². The number of hydrogen-bond donors (Lipinski definition) is 0. The Morgan fingerprint density at radius 2 is 2.12 bits per heavy atom. The van der Waals surface area contributed by atoms with Crippen molar-refractivity contribution in [2.75, 3.05) is 0 Å². The lowest BCUT2D eigenvalue weighted by atomic mass is 10.00. The first kappa shape index (κ1) is 9.33. The van der Waals surface area contributed by atoms with E-state index in [0.29, 0.717) is 16.7 Å². The fraction of sp³-hybridized carbons (Fsp3) is 0.0769. The second-order valence-corrected chi connectivity index (χ2v) is 3.74. The molecule has 0 radical (unpaired) electrons. The quantitative estimate of drug-likeness (QED) is 0.713. The van der Waals surface area contributed by atoms with Crippen LogP contribution in [-0.2, 0) is 0 Å². The number of aromatic nitrogens is 1. The number of rotatable bonds is 1. The molecule has 0 fully saturated rings. The van der Waals surface area contributed by atoms with Gasteiger partial charge in [-0.25, -0.2) is 8.78 Å². The van der Waals surface area contributed by atoms with Crippen LogP contribution in [0.1, 0.15) is 5.56 Å². The third-order valence-electron chi connectivity index (χ3n) is 2.74. The van der Waals surface area contributed by atoms with E-state index in [0.717, 1.165) is 5.39 Å². The number of halogens is 2. The van der Waals surface area contributed by atoms with Crippen LogP contribution < -0.4 is 4.98 Å². The molecule has 16 heavy (non-hydrogen) atoms. The molecule has 1 nitrogen and oxygen atoms in total. The van der Waals surface area contributed by atoms with Gasteiger partial charge in [-0.05, 0) is 34.7 Å². The smallest absolute Gasteiger partial charge is 0.144 e. The molecule has 0 aliphatic heterocycles. The zero-order chi connectivity index (χ0) is 11.1. The van der Waals surface area contributed by atoms with Crippen molar-refractivity contribution in [3.05, 3.63) is 54.0 Å².